The standard InChI is InChI=1S/C33H51N3O8/c1-8-10-11-12-13-18-25(34-30(40)43-24-16-14-15-17-24)27(37)35-21-22(3)19-26(35)28(38)36(31(41)44-32(4,5)6)33(29(39)42-7)20-23(33)9-2/h8-9,22-26H,1-2,10-21H2,3-7H3,(H,34,40)/t22?,23-,25+,26+,33-/m1/s1. The van der Waals surface area contributed by atoms with Crippen LogP contribution in [0.1, 0.15) is 98.3 Å². The van der Waals surface area contributed by atoms with Crippen LogP contribution in [0.2, 0.25) is 0 Å². The van der Waals surface area contributed by atoms with Crippen LogP contribution < -0.4 is 5.32 Å². The van der Waals surface area contributed by atoms with Crippen molar-refractivity contribution in [2.75, 3.05) is 13.7 Å². The normalized spacial score (nSPS) is 25.5. The van der Waals surface area contributed by atoms with Crippen LogP contribution in [0.25, 0.3) is 0 Å². The third-order valence-electron chi connectivity index (χ3n) is 8.65. The minimum absolute atomic E-state index is 0.0736. The zero-order valence-corrected chi connectivity index (χ0v) is 27.1. The van der Waals surface area contributed by atoms with Gasteiger partial charge in [-0.15, -0.1) is 13.2 Å². The van der Waals surface area contributed by atoms with Crippen molar-refractivity contribution in [3.63, 3.8) is 0 Å². The molecule has 0 aromatic rings. The summed E-state index contributed by atoms with van der Waals surface area (Å²) in [5.41, 5.74) is -2.56. The van der Waals surface area contributed by atoms with Crippen LogP contribution in [0.5, 0.6) is 0 Å². The number of nitrogens with one attached hydrogen (secondary N) is 1. The summed E-state index contributed by atoms with van der Waals surface area (Å²) < 4.78 is 16.3. The predicted molar refractivity (Wildman–Crippen MR) is 164 cm³/mol. The molecular weight excluding hydrogens is 566 g/mol. The molecular formula is C33H51N3O8. The van der Waals surface area contributed by atoms with Gasteiger partial charge in [0.25, 0.3) is 5.91 Å². The van der Waals surface area contributed by atoms with Gasteiger partial charge in [0.05, 0.1) is 7.11 Å². The average molecular weight is 618 g/mol. The summed E-state index contributed by atoms with van der Waals surface area (Å²) in [5, 5.41) is 2.78. The molecule has 4 amide bonds. The quantitative estimate of drug-likeness (QED) is 0.128. The molecule has 1 N–H and O–H groups in total. The molecule has 2 aliphatic carbocycles. The first-order valence-corrected chi connectivity index (χ1v) is 16.0. The van der Waals surface area contributed by atoms with Crippen molar-refractivity contribution in [1.29, 1.82) is 0 Å². The molecule has 1 saturated heterocycles. The number of allylic oxidation sites excluding steroid dienone is 1. The third-order valence-corrected chi connectivity index (χ3v) is 8.65. The minimum Gasteiger partial charge on any atom is -0.467 e. The number of nitrogens with zero attached hydrogens (tertiary/aromatic N) is 2. The number of amides is 4. The summed E-state index contributed by atoms with van der Waals surface area (Å²) in [6, 6.07) is -1.96. The van der Waals surface area contributed by atoms with Crippen molar-refractivity contribution in [1.82, 2.24) is 15.1 Å². The van der Waals surface area contributed by atoms with E-state index in [4.69, 9.17) is 14.2 Å². The number of imide groups is 1. The van der Waals surface area contributed by atoms with E-state index < -0.39 is 59.1 Å². The van der Waals surface area contributed by atoms with Crippen LogP contribution in [0.4, 0.5) is 9.59 Å². The van der Waals surface area contributed by atoms with Gasteiger partial charge in [-0.3, -0.25) is 9.59 Å². The summed E-state index contributed by atoms with van der Waals surface area (Å²) in [5.74, 6) is -2.49. The Morgan fingerprint density at radius 2 is 1.77 bits per heavy atom. The van der Waals surface area contributed by atoms with Crippen LogP contribution in [-0.4, -0.2) is 82.8 Å². The number of carbonyl (C=O) groups is 5. The zero-order chi connectivity index (χ0) is 32.7. The largest absolute Gasteiger partial charge is 0.467 e. The van der Waals surface area contributed by atoms with E-state index in [-0.39, 0.29) is 31.4 Å². The molecule has 0 aromatic heterocycles. The second kappa shape index (κ2) is 15.1. The maximum atomic E-state index is 14.4. The first-order chi connectivity index (χ1) is 20.8. The van der Waals surface area contributed by atoms with Crippen molar-refractivity contribution >= 4 is 30.0 Å². The van der Waals surface area contributed by atoms with Gasteiger partial charge in [-0.2, -0.15) is 0 Å². The number of hydrogen-bond acceptors (Lipinski definition) is 8. The zero-order valence-electron chi connectivity index (χ0n) is 27.1. The maximum Gasteiger partial charge on any atom is 0.418 e. The number of hydrogen-bond donors (Lipinski definition) is 1. The summed E-state index contributed by atoms with van der Waals surface area (Å²) in [4.78, 5) is 70.4. The van der Waals surface area contributed by atoms with Gasteiger partial charge < -0.3 is 24.4 Å². The van der Waals surface area contributed by atoms with Crippen LogP contribution in [0.15, 0.2) is 25.3 Å². The van der Waals surface area contributed by atoms with Crippen molar-refractivity contribution in [3.8, 4) is 0 Å². The molecule has 3 aliphatic rings. The summed E-state index contributed by atoms with van der Waals surface area (Å²) >= 11 is 0. The van der Waals surface area contributed by atoms with Crippen molar-refractivity contribution < 1.29 is 38.2 Å². The van der Waals surface area contributed by atoms with Gasteiger partial charge in [0, 0.05) is 12.5 Å². The monoisotopic (exact) mass is 617 g/mol. The number of unbranched alkanes of at least 4 members (excludes halogenated alkanes) is 3. The smallest absolute Gasteiger partial charge is 0.418 e. The second-order valence-electron chi connectivity index (χ2n) is 13.4. The molecule has 1 unspecified atom stereocenters. The molecule has 5 atom stereocenters. The third kappa shape index (κ3) is 8.41. The van der Waals surface area contributed by atoms with Crippen LogP contribution in [-0.2, 0) is 28.6 Å². The molecule has 3 fully saturated rings. The van der Waals surface area contributed by atoms with E-state index in [1.165, 1.54) is 18.1 Å². The van der Waals surface area contributed by atoms with E-state index in [2.05, 4.69) is 18.5 Å². The topological polar surface area (TPSA) is 132 Å². The molecule has 1 heterocycles. The SMILES string of the molecule is C=CCCCCC[C@H](NC(=O)OC1CCCC1)C(=O)N1CC(C)C[C@H]1C(=O)N(C(=O)OC(C)(C)C)[C@]1(C(=O)OC)C[C@H]1C=C. The molecule has 11 nitrogen and oxygen atoms in total. The Kier molecular flexibility index (Phi) is 12.0. The Morgan fingerprint density at radius 3 is 2.34 bits per heavy atom. The average Bonchev–Trinajstić information content (AvgIpc) is 3.24. The number of ether oxygens (including phenoxy) is 3. The molecule has 1 aliphatic heterocycles. The Hall–Kier alpha value is -3.37. The molecule has 0 bridgehead atoms. The van der Waals surface area contributed by atoms with E-state index in [1.54, 1.807) is 20.8 Å². The Balaban J connectivity index is 1.89. The van der Waals surface area contributed by atoms with E-state index in [0.717, 1.165) is 49.8 Å². The number of esters is 1. The van der Waals surface area contributed by atoms with E-state index >= 15 is 0 Å². The highest BCUT2D eigenvalue weighted by atomic mass is 16.6. The van der Waals surface area contributed by atoms with Crippen molar-refractivity contribution in [3.05, 3.63) is 25.3 Å². The lowest BCUT2D eigenvalue weighted by Crippen LogP contribution is -2.60. The fourth-order valence-corrected chi connectivity index (χ4v) is 6.35. The van der Waals surface area contributed by atoms with Crippen LogP contribution in [0, 0.1) is 11.8 Å². The predicted octanol–water partition coefficient (Wildman–Crippen LogP) is 5.28. The highest BCUT2D eigenvalue weighted by Gasteiger charge is 2.68. The van der Waals surface area contributed by atoms with Gasteiger partial charge in [0.1, 0.15) is 23.8 Å². The second-order valence-corrected chi connectivity index (χ2v) is 13.4. The van der Waals surface area contributed by atoms with Crippen LogP contribution >= 0.6 is 0 Å². The molecule has 0 aromatic carbocycles. The Labute approximate surface area is 261 Å². The highest BCUT2D eigenvalue weighted by molar-refractivity contribution is 6.04. The molecule has 3 rings (SSSR count). The first kappa shape index (κ1) is 35.1. The number of carbonyl (C=O) groups excluding carboxylic acids is 5. The van der Waals surface area contributed by atoms with E-state index in [0.29, 0.717) is 12.8 Å². The molecule has 246 valence electrons. The van der Waals surface area contributed by atoms with Crippen LogP contribution in [0.3, 0.4) is 0 Å². The fourth-order valence-electron chi connectivity index (χ4n) is 6.35. The molecule has 0 spiro atoms. The van der Waals surface area contributed by atoms with Gasteiger partial charge in [0.15, 0.2) is 5.54 Å². The maximum absolute atomic E-state index is 14.4. The van der Waals surface area contributed by atoms with Gasteiger partial charge in [-0.05, 0) is 84.5 Å². The van der Waals surface area contributed by atoms with Gasteiger partial charge in [-0.25, -0.2) is 19.3 Å². The Morgan fingerprint density at radius 1 is 1.09 bits per heavy atom. The summed E-state index contributed by atoms with van der Waals surface area (Å²) in [6.07, 6.45) is 9.18. The first-order valence-electron chi connectivity index (χ1n) is 16.0. The van der Waals surface area contributed by atoms with Gasteiger partial charge >= 0.3 is 18.2 Å². The van der Waals surface area contributed by atoms with Crippen molar-refractivity contribution in [2.24, 2.45) is 11.8 Å². The minimum atomic E-state index is -1.61. The van der Waals surface area contributed by atoms with Gasteiger partial charge in [0.2, 0.25) is 5.91 Å². The number of alkyl carbamates (subject to hydrolysis) is 1. The molecule has 0 radical (unpaired) electrons. The van der Waals surface area contributed by atoms with Crippen molar-refractivity contribution in [2.45, 2.75) is 128 Å². The van der Waals surface area contributed by atoms with E-state index in [9.17, 15) is 24.0 Å². The fraction of sp³-hybridized carbons (Fsp3) is 0.727. The molecule has 2 saturated carbocycles. The number of rotatable bonds is 13. The Bertz CT molecular complexity index is 1100. The lowest BCUT2D eigenvalue weighted by atomic mass is 10.0. The summed E-state index contributed by atoms with van der Waals surface area (Å²) in [7, 11) is 1.20. The lowest BCUT2D eigenvalue weighted by Gasteiger charge is -2.35. The summed E-state index contributed by atoms with van der Waals surface area (Å²) in [6.45, 7) is 14.7. The van der Waals surface area contributed by atoms with Gasteiger partial charge in [-0.1, -0.05) is 31.9 Å². The molecule has 11 heteroatoms. The van der Waals surface area contributed by atoms with E-state index in [1.807, 2.05) is 13.0 Å². The number of methoxy groups -OCH3 is 1. The lowest BCUT2D eigenvalue weighted by molar-refractivity contribution is -0.157. The highest BCUT2D eigenvalue weighted by Crippen LogP contribution is 2.51. The molecule has 44 heavy (non-hydrogen) atoms. The number of likely N-dealkylation sites (tertiary alicyclic amines) is 1.